The first kappa shape index (κ1) is 18.5. The average molecular weight is 283 g/mol. The fourth-order valence-electron chi connectivity index (χ4n) is 2.46. The molecule has 0 aliphatic heterocycles. The van der Waals surface area contributed by atoms with Crippen molar-refractivity contribution in [2.45, 2.75) is 77.6 Å². The van der Waals surface area contributed by atoms with Gasteiger partial charge in [-0.25, -0.2) is 0 Å². The Morgan fingerprint density at radius 3 is 1.63 bits per heavy atom. The van der Waals surface area contributed by atoms with Crippen LogP contribution in [0.15, 0.2) is 30.3 Å². The fourth-order valence-corrected chi connectivity index (χ4v) is 2.46. The van der Waals surface area contributed by atoms with Crippen molar-refractivity contribution in [3.05, 3.63) is 35.9 Å². The molecule has 0 amide bonds. The summed E-state index contributed by atoms with van der Waals surface area (Å²) < 4.78 is 0. The molecular weight excluding hydrogens is 252 g/mol. The minimum absolute atomic E-state index is 0. The summed E-state index contributed by atoms with van der Waals surface area (Å²) in [5.41, 5.74) is 1.50. The Hall–Kier alpha value is -0.490. The van der Waals surface area contributed by atoms with Gasteiger partial charge in [0.25, 0.3) is 0 Å². The molecule has 110 valence electrons. The van der Waals surface area contributed by atoms with Gasteiger partial charge >= 0.3 is 0 Å². The first-order valence-electron chi connectivity index (χ1n) is 7.97. The van der Waals surface area contributed by atoms with Gasteiger partial charge < -0.3 is 0 Å². The zero-order valence-electron chi connectivity index (χ0n) is 12.6. The van der Waals surface area contributed by atoms with Crippen LogP contribution in [0.5, 0.6) is 0 Å². The third-order valence-electron chi connectivity index (χ3n) is 3.66. The first-order valence-corrected chi connectivity index (χ1v) is 7.97. The molecule has 0 saturated carbocycles. The van der Waals surface area contributed by atoms with Gasteiger partial charge in [0.05, 0.1) is 0 Å². The van der Waals surface area contributed by atoms with Crippen molar-refractivity contribution in [1.82, 2.24) is 0 Å². The maximum atomic E-state index is 2.28. The number of unbranched alkanes of at least 4 members (excludes halogenated alkanes) is 9. The number of aryl methyl sites for hydroxylation is 1. The van der Waals surface area contributed by atoms with Crippen LogP contribution in [0.2, 0.25) is 0 Å². The van der Waals surface area contributed by atoms with Gasteiger partial charge in [0.2, 0.25) is 0 Å². The van der Waals surface area contributed by atoms with Crippen molar-refractivity contribution in [2.24, 2.45) is 0 Å². The quantitative estimate of drug-likeness (QED) is 0.403. The Labute approximate surface area is 126 Å². The Morgan fingerprint density at radius 1 is 0.632 bits per heavy atom. The van der Waals surface area contributed by atoms with Crippen molar-refractivity contribution < 1.29 is 0 Å². The Morgan fingerprint density at radius 2 is 1.11 bits per heavy atom. The summed E-state index contributed by atoms with van der Waals surface area (Å²) >= 11 is 0. The van der Waals surface area contributed by atoms with Crippen LogP contribution >= 0.6 is 12.4 Å². The van der Waals surface area contributed by atoms with Crippen molar-refractivity contribution >= 4 is 12.4 Å². The molecule has 0 spiro atoms. The first-order chi connectivity index (χ1) is 8.93. The van der Waals surface area contributed by atoms with Gasteiger partial charge in [-0.2, -0.15) is 0 Å². The molecule has 0 N–H and O–H groups in total. The highest BCUT2D eigenvalue weighted by atomic mass is 35.5. The van der Waals surface area contributed by atoms with Crippen LogP contribution in [0.4, 0.5) is 0 Å². The highest BCUT2D eigenvalue weighted by molar-refractivity contribution is 5.85. The highest BCUT2D eigenvalue weighted by Gasteiger charge is 1.94. The predicted octanol–water partition coefficient (Wildman–Crippen LogP) is 6.57. The standard InChI is InChI=1S/C18H30.ClH/c1-2-3-4-5-6-7-8-9-10-12-15-18-16-13-11-14-17-18;/h11,13-14,16-17H,2-10,12,15H2,1H3;1H. The van der Waals surface area contributed by atoms with Crippen molar-refractivity contribution in [2.75, 3.05) is 0 Å². The van der Waals surface area contributed by atoms with Crippen LogP contribution in [0.1, 0.15) is 76.7 Å². The summed E-state index contributed by atoms with van der Waals surface area (Å²) in [6.07, 6.45) is 15.5. The Kier molecular flexibility index (Phi) is 13.6. The zero-order valence-corrected chi connectivity index (χ0v) is 13.4. The van der Waals surface area contributed by atoms with E-state index in [0.717, 1.165) is 0 Å². The molecule has 1 heteroatoms. The van der Waals surface area contributed by atoms with Crippen molar-refractivity contribution in [3.63, 3.8) is 0 Å². The van der Waals surface area contributed by atoms with Gasteiger partial charge in [0, 0.05) is 0 Å². The zero-order chi connectivity index (χ0) is 12.9. The lowest BCUT2D eigenvalue weighted by Gasteiger charge is -2.03. The Bertz CT molecular complexity index is 268. The van der Waals surface area contributed by atoms with Crippen LogP contribution in [-0.2, 0) is 6.42 Å². The molecule has 0 aliphatic rings. The molecule has 0 aliphatic carbocycles. The molecule has 1 aromatic carbocycles. The van der Waals surface area contributed by atoms with Gasteiger partial charge in [-0.3, -0.25) is 0 Å². The van der Waals surface area contributed by atoms with E-state index in [1.165, 1.54) is 76.2 Å². The van der Waals surface area contributed by atoms with Crippen molar-refractivity contribution in [1.29, 1.82) is 0 Å². The molecule has 0 bridgehead atoms. The van der Waals surface area contributed by atoms with Crippen LogP contribution in [-0.4, -0.2) is 0 Å². The van der Waals surface area contributed by atoms with Gasteiger partial charge in [-0.1, -0.05) is 95.0 Å². The Balaban J connectivity index is 0.00000324. The largest absolute Gasteiger partial charge is 0.147 e. The lowest BCUT2D eigenvalue weighted by atomic mass is 10.0. The van der Waals surface area contributed by atoms with E-state index in [9.17, 15) is 0 Å². The van der Waals surface area contributed by atoms with Gasteiger partial charge in [-0.05, 0) is 18.4 Å². The third kappa shape index (κ3) is 11.1. The van der Waals surface area contributed by atoms with E-state index in [1.54, 1.807) is 0 Å². The van der Waals surface area contributed by atoms with Gasteiger partial charge in [0.1, 0.15) is 0 Å². The van der Waals surface area contributed by atoms with Gasteiger partial charge in [0.15, 0.2) is 0 Å². The molecule has 0 heterocycles. The summed E-state index contributed by atoms with van der Waals surface area (Å²) in [6, 6.07) is 10.9. The lowest BCUT2D eigenvalue weighted by molar-refractivity contribution is 0.556. The van der Waals surface area contributed by atoms with E-state index >= 15 is 0 Å². The summed E-state index contributed by atoms with van der Waals surface area (Å²) in [7, 11) is 0. The van der Waals surface area contributed by atoms with Gasteiger partial charge in [-0.15, -0.1) is 12.4 Å². The number of hydrogen-bond donors (Lipinski definition) is 0. The summed E-state index contributed by atoms with van der Waals surface area (Å²) in [5, 5.41) is 0. The molecule has 0 fully saturated rings. The predicted molar refractivity (Wildman–Crippen MR) is 89.2 cm³/mol. The third-order valence-corrected chi connectivity index (χ3v) is 3.66. The second-order valence-electron chi connectivity index (χ2n) is 5.42. The number of benzene rings is 1. The van der Waals surface area contributed by atoms with E-state index in [0.29, 0.717) is 0 Å². The monoisotopic (exact) mass is 282 g/mol. The second-order valence-corrected chi connectivity index (χ2v) is 5.42. The molecule has 1 rings (SSSR count). The molecule has 0 atom stereocenters. The molecule has 0 nitrogen and oxygen atoms in total. The maximum absolute atomic E-state index is 2.28. The smallest absolute Gasteiger partial charge is 0.0279 e. The summed E-state index contributed by atoms with van der Waals surface area (Å²) in [6.45, 7) is 2.28. The molecule has 0 saturated heterocycles. The van der Waals surface area contributed by atoms with Crippen LogP contribution in [0.25, 0.3) is 0 Å². The van der Waals surface area contributed by atoms with Crippen LogP contribution < -0.4 is 0 Å². The minimum atomic E-state index is 0. The topological polar surface area (TPSA) is 0 Å². The van der Waals surface area contributed by atoms with E-state index < -0.39 is 0 Å². The van der Waals surface area contributed by atoms with E-state index in [4.69, 9.17) is 0 Å². The number of rotatable bonds is 11. The average Bonchev–Trinajstić information content (AvgIpc) is 2.42. The van der Waals surface area contributed by atoms with E-state index in [2.05, 4.69) is 37.3 Å². The molecule has 19 heavy (non-hydrogen) atoms. The second kappa shape index (κ2) is 13.9. The van der Waals surface area contributed by atoms with E-state index in [1.807, 2.05) is 0 Å². The minimum Gasteiger partial charge on any atom is -0.147 e. The summed E-state index contributed by atoms with van der Waals surface area (Å²) in [5.74, 6) is 0. The normalized spacial score (nSPS) is 10.2. The molecular formula is C18H31Cl. The highest BCUT2D eigenvalue weighted by Crippen LogP contribution is 2.12. The fraction of sp³-hybridized carbons (Fsp3) is 0.667. The SMILES string of the molecule is CCCCCCCCCCCCc1ccccc1.Cl. The van der Waals surface area contributed by atoms with Crippen molar-refractivity contribution in [3.8, 4) is 0 Å². The maximum Gasteiger partial charge on any atom is -0.0279 e. The number of halogens is 1. The molecule has 0 radical (unpaired) electrons. The molecule has 0 aromatic heterocycles. The number of hydrogen-bond acceptors (Lipinski definition) is 0. The molecule has 0 unspecified atom stereocenters. The van der Waals surface area contributed by atoms with E-state index in [-0.39, 0.29) is 12.4 Å². The van der Waals surface area contributed by atoms with Crippen LogP contribution in [0.3, 0.4) is 0 Å². The summed E-state index contributed by atoms with van der Waals surface area (Å²) in [4.78, 5) is 0. The molecule has 1 aromatic rings. The van der Waals surface area contributed by atoms with Crippen LogP contribution in [0, 0.1) is 0 Å². The lowest BCUT2D eigenvalue weighted by Crippen LogP contribution is -1.86.